The van der Waals surface area contributed by atoms with Crippen LogP contribution in [0.2, 0.25) is 0 Å². The number of pyridine rings is 1. The summed E-state index contributed by atoms with van der Waals surface area (Å²) in [5.41, 5.74) is 1.25. The van der Waals surface area contributed by atoms with Gasteiger partial charge in [-0.05, 0) is 12.1 Å². The third kappa shape index (κ3) is 2.91. The molecule has 0 aliphatic carbocycles. The molecule has 0 aliphatic heterocycles. The molecule has 0 amide bonds. The van der Waals surface area contributed by atoms with Gasteiger partial charge in [0.1, 0.15) is 17.6 Å². The number of ether oxygens (including phenoxy) is 1. The molecule has 134 valence electrons. The second kappa shape index (κ2) is 6.37. The SMILES string of the molecule is Cn1cc(-c2cc([N+](=O)[O-])ccc2Oc2cncnc2)c2cc[nH]c2c1=O. The van der Waals surface area contributed by atoms with Crippen LogP contribution in [0.25, 0.3) is 22.0 Å². The van der Waals surface area contributed by atoms with E-state index in [0.29, 0.717) is 33.5 Å². The van der Waals surface area contributed by atoms with Gasteiger partial charge < -0.3 is 14.3 Å². The van der Waals surface area contributed by atoms with E-state index >= 15 is 0 Å². The zero-order valence-corrected chi connectivity index (χ0v) is 14.1. The maximum atomic E-state index is 12.3. The molecule has 0 atom stereocenters. The summed E-state index contributed by atoms with van der Waals surface area (Å²) in [6.45, 7) is 0. The lowest BCUT2D eigenvalue weighted by Gasteiger charge is -2.13. The van der Waals surface area contributed by atoms with E-state index < -0.39 is 4.92 Å². The Morgan fingerprint density at radius 3 is 2.70 bits per heavy atom. The summed E-state index contributed by atoms with van der Waals surface area (Å²) < 4.78 is 7.27. The van der Waals surface area contributed by atoms with Crippen molar-refractivity contribution in [2.75, 3.05) is 0 Å². The predicted octanol–water partition coefficient (Wildman–Crippen LogP) is 3.02. The largest absolute Gasteiger partial charge is 0.453 e. The van der Waals surface area contributed by atoms with Gasteiger partial charge in [-0.15, -0.1) is 0 Å². The van der Waals surface area contributed by atoms with Crippen LogP contribution in [0.4, 0.5) is 5.69 Å². The van der Waals surface area contributed by atoms with Crippen LogP contribution in [0, 0.1) is 10.1 Å². The number of aromatic amines is 1. The highest BCUT2D eigenvalue weighted by atomic mass is 16.6. The van der Waals surface area contributed by atoms with Crippen molar-refractivity contribution in [3.8, 4) is 22.6 Å². The number of non-ortho nitro benzene ring substituents is 1. The molecule has 1 N–H and O–H groups in total. The van der Waals surface area contributed by atoms with Crippen molar-refractivity contribution in [1.82, 2.24) is 19.5 Å². The second-order valence-electron chi connectivity index (χ2n) is 5.84. The molecular formula is C18H13N5O4. The van der Waals surface area contributed by atoms with Crippen LogP contribution >= 0.6 is 0 Å². The fourth-order valence-corrected chi connectivity index (χ4v) is 2.88. The molecule has 9 nitrogen and oxygen atoms in total. The molecule has 27 heavy (non-hydrogen) atoms. The van der Waals surface area contributed by atoms with Gasteiger partial charge in [-0.25, -0.2) is 9.97 Å². The molecule has 9 heteroatoms. The minimum Gasteiger partial charge on any atom is -0.453 e. The Morgan fingerprint density at radius 2 is 1.96 bits per heavy atom. The lowest BCUT2D eigenvalue weighted by molar-refractivity contribution is -0.384. The average Bonchev–Trinajstić information content (AvgIpc) is 3.16. The first-order valence-electron chi connectivity index (χ1n) is 7.93. The molecule has 4 rings (SSSR count). The van der Waals surface area contributed by atoms with Crippen molar-refractivity contribution < 1.29 is 9.66 Å². The summed E-state index contributed by atoms with van der Waals surface area (Å²) in [4.78, 5) is 33.8. The number of nitro benzene ring substituents is 1. The Hall–Kier alpha value is -4.01. The Labute approximate surface area is 152 Å². The zero-order valence-electron chi connectivity index (χ0n) is 14.1. The topological polar surface area (TPSA) is 116 Å². The van der Waals surface area contributed by atoms with Gasteiger partial charge >= 0.3 is 0 Å². The van der Waals surface area contributed by atoms with Gasteiger partial charge in [0, 0.05) is 48.1 Å². The van der Waals surface area contributed by atoms with E-state index in [4.69, 9.17) is 4.74 Å². The number of aromatic nitrogens is 4. The van der Waals surface area contributed by atoms with Gasteiger partial charge in [-0.2, -0.15) is 0 Å². The van der Waals surface area contributed by atoms with E-state index in [2.05, 4.69) is 15.0 Å². The Balaban J connectivity index is 1.97. The van der Waals surface area contributed by atoms with Gasteiger partial charge in [0.15, 0.2) is 5.75 Å². The fraction of sp³-hybridized carbons (Fsp3) is 0.0556. The van der Waals surface area contributed by atoms with E-state index in [1.165, 1.54) is 41.5 Å². The molecule has 4 aromatic rings. The van der Waals surface area contributed by atoms with Crippen molar-refractivity contribution in [3.05, 3.63) is 75.8 Å². The minimum absolute atomic E-state index is 0.0841. The van der Waals surface area contributed by atoms with E-state index in [9.17, 15) is 14.9 Å². The molecule has 0 saturated carbocycles. The lowest BCUT2D eigenvalue weighted by Crippen LogP contribution is -2.16. The maximum absolute atomic E-state index is 12.3. The minimum atomic E-state index is -0.477. The fourth-order valence-electron chi connectivity index (χ4n) is 2.88. The molecule has 0 saturated heterocycles. The van der Waals surface area contributed by atoms with Crippen LogP contribution < -0.4 is 10.3 Å². The van der Waals surface area contributed by atoms with Crippen molar-refractivity contribution in [2.24, 2.45) is 7.05 Å². The Bertz CT molecular complexity index is 1210. The van der Waals surface area contributed by atoms with Crippen LogP contribution in [0.15, 0.2) is 60.2 Å². The number of fused-ring (bicyclic) bond motifs is 1. The summed E-state index contributed by atoms with van der Waals surface area (Å²) in [5, 5.41) is 11.9. The monoisotopic (exact) mass is 363 g/mol. The van der Waals surface area contributed by atoms with Crippen LogP contribution in [0.5, 0.6) is 11.5 Å². The van der Waals surface area contributed by atoms with E-state index in [1.54, 1.807) is 25.5 Å². The lowest BCUT2D eigenvalue weighted by atomic mass is 10.0. The quantitative estimate of drug-likeness (QED) is 0.440. The van der Waals surface area contributed by atoms with Crippen LogP contribution in [-0.4, -0.2) is 24.4 Å². The van der Waals surface area contributed by atoms with Crippen LogP contribution in [0.1, 0.15) is 0 Å². The smallest absolute Gasteiger partial charge is 0.274 e. The number of benzene rings is 1. The van der Waals surface area contributed by atoms with Crippen molar-refractivity contribution in [2.45, 2.75) is 0 Å². The molecule has 0 bridgehead atoms. The molecule has 0 fully saturated rings. The van der Waals surface area contributed by atoms with Crippen molar-refractivity contribution in [1.29, 1.82) is 0 Å². The molecule has 0 aliphatic rings. The predicted molar refractivity (Wildman–Crippen MR) is 97.7 cm³/mol. The standard InChI is InChI=1S/C18H13N5O4/c1-22-9-15(13-4-5-21-17(13)18(22)24)14-6-11(23(25)26)2-3-16(14)27-12-7-19-10-20-8-12/h2-10,21H,1H3. The summed E-state index contributed by atoms with van der Waals surface area (Å²) in [6, 6.07) is 6.05. The first-order valence-corrected chi connectivity index (χ1v) is 7.93. The molecule has 0 radical (unpaired) electrons. The first kappa shape index (κ1) is 16.5. The molecule has 0 unspecified atom stereocenters. The summed E-state index contributed by atoms with van der Waals surface area (Å²) in [6.07, 6.45) is 7.64. The van der Waals surface area contributed by atoms with Gasteiger partial charge in [0.2, 0.25) is 0 Å². The zero-order chi connectivity index (χ0) is 19.0. The van der Waals surface area contributed by atoms with Gasteiger partial charge in [0.05, 0.1) is 17.3 Å². The number of aryl methyl sites for hydroxylation is 1. The van der Waals surface area contributed by atoms with Crippen molar-refractivity contribution in [3.63, 3.8) is 0 Å². The summed E-state index contributed by atoms with van der Waals surface area (Å²) in [5.74, 6) is 0.777. The number of nitrogens with one attached hydrogen (secondary N) is 1. The highest BCUT2D eigenvalue weighted by Gasteiger charge is 2.18. The highest BCUT2D eigenvalue weighted by Crippen LogP contribution is 2.38. The average molecular weight is 363 g/mol. The molecule has 3 heterocycles. The second-order valence-corrected chi connectivity index (χ2v) is 5.84. The molecular weight excluding hydrogens is 350 g/mol. The summed E-state index contributed by atoms with van der Waals surface area (Å²) >= 11 is 0. The van der Waals surface area contributed by atoms with Gasteiger partial charge in [-0.3, -0.25) is 14.9 Å². The van der Waals surface area contributed by atoms with Crippen LogP contribution in [-0.2, 0) is 7.05 Å². The van der Waals surface area contributed by atoms with Gasteiger partial charge in [0.25, 0.3) is 11.2 Å². The number of hydrogen-bond donors (Lipinski definition) is 1. The number of nitrogens with zero attached hydrogens (tertiary/aromatic N) is 4. The third-order valence-electron chi connectivity index (χ3n) is 4.12. The van der Waals surface area contributed by atoms with Crippen molar-refractivity contribution >= 4 is 16.6 Å². The van der Waals surface area contributed by atoms with Gasteiger partial charge in [-0.1, -0.05) is 0 Å². The number of nitro groups is 1. The van der Waals surface area contributed by atoms with Crippen LogP contribution in [0.3, 0.4) is 0 Å². The third-order valence-corrected chi connectivity index (χ3v) is 4.12. The van der Waals surface area contributed by atoms with E-state index in [1.807, 2.05) is 0 Å². The first-order chi connectivity index (χ1) is 13.0. The number of hydrogen-bond acceptors (Lipinski definition) is 6. The highest BCUT2D eigenvalue weighted by molar-refractivity contribution is 5.96. The van der Waals surface area contributed by atoms with E-state index in [0.717, 1.165) is 0 Å². The number of H-pyrrole nitrogens is 1. The maximum Gasteiger partial charge on any atom is 0.274 e. The number of rotatable bonds is 4. The molecule has 3 aromatic heterocycles. The Kier molecular flexibility index (Phi) is 3.88. The molecule has 1 aromatic carbocycles. The normalized spacial score (nSPS) is 10.9. The molecule has 0 spiro atoms. The Morgan fingerprint density at radius 1 is 1.19 bits per heavy atom. The van der Waals surface area contributed by atoms with E-state index in [-0.39, 0.29) is 11.2 Å². The summed E-state index contributed by atoms with van der Waals surface area (Å²) in [7, 11) is 1.62.